The van der Waals surface area contributed by atoms with E-state index in [2.05, 4.69) is 35.0 Å². The molecule has 1 N–H and O–H groups in total. The fraction of sp³-hybridized carbons (Fsp3) is 0.538. The minimum atomic E-state index is -0.594. The average Bonchev–Trinajstić information content (AvgIpc) is 2.23. The predicted octanol–water partition coefficient (Wildman–Crippen LogP) is 3.91. The van der Waals surface area contributed by atoms with Crippen molar-refractivity contribution in [3.8, 4) is 0 Å². The molecule has 1 aromatic rings. The predicted molar refractivity (Wildman–Crippen MR) is 65.9 cm³/mol. The number of rotatable bonds is 1. The van der Waals surface area contributed by atoms with Crippen molar-refractivity contribution in [3.05, 3.63) is 33.8 Å². The molecule has 1 aromatic carbocycles. The molecule has 2 heteroatoms. The normalized spacial score (nSPS) is 20.2. The second kappa shape index (κ2) is 4.26. The molecule has 1 aliphatic carbocycles. The van der Waals surface area contributed by atoms with Crippen molar-refractivity contribution in [1.29, 1.82) is 0 Å². The van der Waals surface area contributed by atoms with Crippen molar-refractivity contribution in [2.45, 2.75) is 44.6 Å². The summed E-state index contributed by atoms with van der Waals surface area (Å²) in [5.74, 6) is 0. The maximum Gasteiger partial charge on any atom is 0.0907 e. The Morgan fingerprint density at radius 3 is 2.53 bits per heavy atom. The Hall–Kier alpha value is -0.340. The fourth-order valence-corrected chi connectivity index (χ4v) is 3.02. The molecule has 0 amide bonds. The SMILES string of the molecule is Cc1ccc(Br)c(C2(O)CCCCC2)c1. The van der Waals surface area contributed by atoms with Gasteiger partial charge < -0.3 is 5.11 Å². The zero-order valence-electron chi connectivity index (χ0n) is 9.09. The van der Waals surface area contributed by atoms with E-state index >= 15 is 0 Å². The smallest absolute Gasteiger partial charge is 0.0907 e. The first-order chi connectivity index (χ1) is 7.12. The summed E-state index contributed by atoms with van der Waals surface area (Å²) in [6.07, 6.45) is 5.32. The van der Waals surface area contributed by atoms with Crippen LogP contribution in [0.1, 0.15) is 43.2 Å². The molecule has 1 nitrogen and oxygen atoms in total. The minimum Gasteiger partial charge on any atom is -0.385 e. The lowest BCUT2D eigenvalue weighted by Gasteiger charge is -2.33. The monoisotopic (exact) mass is 268 g/mol. The number of hydrogen-bond donors (Lipinski definition) is 1. The summed E-state index contributed by atoms with van der Waals surface area (Å²) >= 11 is 3.54. The van der Waals surface area contributed by atoms with Gasteiger partial charge in [0, 0.05) is 4.47 Å². The van der Waals surface area contributed by atoms with Crippen LogP contribution in [0.15, 0.2) is 22.7 Å². The van der Waals surface area contributed by atoms with Gasteiger partial charge in [-0.1, -0.05) is 52.9 Å². The van der Waals surface area contributed by atoms with Crippen LogP contribution in [0.3, 0.4) is 0 Å². The highest BCUT2D eigenvalue weighted by molar-refractivity contribution is 9.10. The van der Waals surface area contributed by atoms with Gasteiger partial charge in [0.05, 0.1) is 5.60 Å². The Balaban J connectivity index is 2.38. The lowest BCUT2D eigenvalue weighted by atomic mass is 9.79. The molecule has 1 saturated carbocycles. The third-order valence-electron chi connectivity index (χ3n) is 3.30. The van der Waals surface area contributed by atoms with Crippen molar-refractivity contribution in [3.63, 3.8) is 0 Å². The molecule has 0 unspecified atom stereocenters. The molecule has 0 aromatic heterocycles. The summed E-state index contributed by atoms with van der Waals surface area (Å²) in [5, 5.41) is 10.6. The van der Waals surface area contributed by atoms with Gasteiger partial charge in [0.2, 0.25) is 0 Å². The Labute approximate surface area is 99.6 Å². The molecule has 0 aliphatic heterocycles. The molecule has 0 heterocycles. The van der Waals surface area contributed by atoms with Gasteiger partial charge in [-0.15, -0.1) is 0 Å². The van der Waals surface area contributed by atoms with Crippen molar-refractivity contribution in [2.75, 3.05) is 0 Å². The molecule has 1 fully saturated rings. The Morgan fingerprint density at radius 1 is 1.20 bits per heavy atom. The molecule has 15 heavy (non-hydrogen) atoms. The largest absolute Gasteiger partial charge is 0.385 e. The highest BCUT2D eigenvalue weighted by Crippen LogP contribution is 2.40. The van der Waals surface area contributed by atoms with Gasteiger partial charge in [-0.25, -0.2) is 0 Å². The van der Waals surface area contributed by atoms with Crippen molar-refractivity contribution >= 4 is 15.9 Å². The van der Waals surface area contributed by atoms with Crippen molar-refractivity contribution in [1.82, 2.24) is 0 Å². The molecule has 0 saturated heterocycles. The van der Waals surface area contributed by atoms with Gasteiger partial charge in [0.1, 0.15) is 0 Å². The maximum atomic E-state index is 10.6. The molecule has 0 radical (unpaired) electrons. The number of halogens is 1. The lowest BCUT2D eigenvalue weighted by Crippen LogP contribution is -2.28. The van der Waals surface area contributed by atoms with E-state index in [0.717, 1.165) is 35.7 Å². The van der Waals surface area contributed by atoms with Crippen LogP contribution in [-0.2, 0) is 5.60 Å². The zero-order valence-corrected chi connectivity index (χ0v) is 10.7. The highest BCUT2D eigenvalue weighted by atomic mass is 79.9. The van der Waals surface area contributed by atoms with Crippen LogP contribution >= 0.6 is 15.9 Å². The Kier molecular flexibility index (Phi) is 3.17. The average molecular weight is 269 g/mol. The van der Waals surface area contributed by atoms with Crippen LogP contribution in [0.5, 0.6) is 0 Å². The standard InChI is InChI=1S/C13H17BrO/c1-10-5-6-12(14)11(9-10)13(15)7-3-2-4-8-13/h5-6,9,15H,2-4,7-8H2,1H3. The number of aryl methyl sites for hydroxylation is 1. The molecule has 1 aliphatic rings. The summed E-state index contributed by atoms with van der Waals surface area (Å²) in [4.78, 5) is 0. The first-order valence-electron chi connectivity index (χ1n) is 5.61. The molecule has 82 valence electrons. The Morgan fingerprint density at radius 2 is 1.87 bits per heavy atom. The molecule has 0 bridgehead atoms. The summed E-state index contributed by atoms with van der Waals surface area (Å²) in [5.41, 5.74) is 1.69. The molecular weight excluding hydrogens is 252 g/mol. The van der Waals surface area contributed by atoms with E-state index in [4.69, 9.17) is 0 Å². The van der Waals surface area contributed by atoms with Gasteiger partial charge in [0.15, 0.2) is 0 Å². The molecular formula is C13H17BrO. The Bertz CT molecular complexity index is 354. The van der Waals surface area contributed by atoms with E-state index in [1.807, 2.05) is 6.07 Å². The third kappa shape index (κ3) is 2.26. The highest BCUT2D eigenvalue weighted by Gasteiger charge is 2.32. The van der Waals surface area contributed by atoms with Gasteiger partial charge in [-0.3, -0.25) is 0 Å². The molecule has 2 rings (SSSR count). The van der Waals surface area contributed by atoms with Crippen LogP contribution < -0.4 is 0 Å². The number of hydrogen-bond acceptors (Lipinski definition) is 1. The van der Waals surface area contributed by atoms with E-state index in [9.17, 15) is 5.11 Å². The van der Waals surface area contributed by atoms with Crippen LogP contribution in [0, 0.1) is 6.92 Å². The van der Waals surface area contributed by atoms with E-state index < -0.39 is 5.60 Å². The topological polar surface area (TPSA) is 20.2 Å². The van der Waals surface area contributed by atoms with Gasteiger partial charge >= 0.3 is 0 Å². The van der Waals surface area contributed by atoms with Crippen LogP contribution in [0.4, 0.5) is 0 Å². The fourth-order valence-electron chi connectivity index (χ4n) is 2.40. The summed E-state index contributed by atoms with van der Waals surface area (Å²) in [6.45, 7) is 2.07. The summed E-state index contributed by atoms with van der Waals surface area (Å²) < 4.78 is 1.04. The number of benzene rings is 1. The van der Waals surface area contributed by atoms with Gasteiger partial charge in [0.25, 0.3) is 0 Å². The minimum absolute atomic E-state index is 0.594. The summed E-state index contributed by atoms with van der Waals surface area (Å²) in [6, 6.07) is 6.21. The molecule has 0 atom stereocenters. The van der Waals surface area contributed by atoms with E-state index in [0.29, 0.717) is 0 Å². The first-order valence-corrected chi connectivity index (χ1v) is 6.40. The lowest BCUT2D eigenvalue weighted by molar-refractivity contribution is -0.00133. The summed E-state index contributed by atoms with van der Waals surface area (Å²) in [7, 11) is 0. The second-order valence-electron chi connectivity index (χ2n) is 4.58. The van der Waals surface area contributed by atoms with E-state index in [1.54, 1.807) is 0 Å². The zero-order chi connectivity index (χ0) is 10.9. The molecule has 0 spiro atoms. The second-order valence-corrected chi connectivity index (χ2v) is 5.43. The van der Waals surface area contributed by atoms with Gasteiger partial charge in [-0.05, 0) is 31.4 Å². The van der Waals surface area contributed by atoms with Gasteiger partial charge in [-0.2, -0.15) is 0 Å². The van der Waals surface area contributed by atoms with Crippen LogP contribution in [0.25, 0.3) is 0 Å². The number of aliphatic hydroxyl groups is 1. The van der Waals surface area contributed by atoms with Crippen molar-refractivity contribution < 1.29 is 5.11 Å². The maximum absolute atomic E-state index is 10.6. The van der Waals surface area contributed by atoms with E-state index in [1.165, 1.54) is 12.0 Å². The third-order valence-corrected chi connectivity index (χ3v) is 4.00. The van der Waals surface area contributed by atoms with Crippen LogP contribution in [-0.4, -0.2) is 5.11 Å². The quantitative estimate of drug-likeness (QED) is 0.819. The van der Waals surface area contributed by atoms with E-state index in [-0.39, 0.29) is 0 Å². The van der Waals surface area contributed by atoms with Crippen molar-refractivity contribution in [2.24, 2.45) is 0 Å². The first kappa shape index (κ1) is 11.2. The van der Waals surface area contributed by atoms with Crippen LogP contribution in [0.2, 0.25) is 0 Å².